The zero-order valence-corrected chi connectivity index (χ0v) is 12.3. The number of methoxy groups -OCH3 is 1. The predicted octanol–water partition coefficient (Wildman–Crippen LogP) is 2.33. The second-order valence-corrected chi connectivity index (χ2v) is 4.79. The number of nitrogen functional groups attached to an aromatic ring is 1. The van der Waals surface area contributed by atoms with Gasteiger partial charge in [-0.15, -0.1) is 0 Å². The third-order valence-electron chi connectivity index (χ3n) is 3.31. The molecular formula is C16H17N5O. The molecule has 0 unspecified atom stereocenters. The molecule has 0 bridgehead atoms. The first-order valence-electron chi connectivity index (χ1n) is 6.99. The van der Waals surface area contributed by atoms with Crippen LogP contribution in [0, 0.1) is 0 Å². The van der Waals surface area contributed by atoms with Crippen LogP contribution in [0.3, 0.4) is 0 Å². The highest BCUT2D eigenvalue weighted by molar-refractivity contribution is 5.92. The standard InChI is InChI=1S/C16H17N5O/c1-22-9-8-19-16-15(17)20-10-13(21-16)12-6-2-4-11-5-3-7-18-14(11)12/h2-7,10H,8-9H2,1H3,(H2,17,20)(H,19,21). The molecular weight excluding hydrogens is 278 g/mol. The van der Waals surface area contributed by atoms with E-state index in [-0.39, 0.29) is 0 Å². The van der Waals surface area contributed by atoms with Crippen molar-refractivity contribution in [2.45, 2.75) is 0 Å². The van der Waals surface area contributed by atoms with Crippen LogP contribution in [0.5, 0.6) is 0 Å². The molecule has 0 amide bonds. The molecule has 0 radical (unpaired) electrons. The summed E-state index contributed by atoms with van der Waals surface area (Å²) in [6.07, 6.45) is 3.44. The van der Waals surface area contributed by atoms with Crippen LogP contribution in [0.4, 0.5) is 11.6 Å². The van der Waals surface area contributed by atoms with Gasteiger partial charge in [-0.25, -0.2) is 9.97 Å². The molecule has 22 heavy (non-hydrogen) atoms. The van der Waals surface area contributed by atoms with Gasteiger partial charge >= 0.3 is 0 Å². The van der Waals surface area contributed by atoms with Gasteiger partial charge < -0.3 is 15.8 Å². The van der Waals surface area contributed by atoms with Crippen molar-refractivity contribution in [3.63, 3.8) is 0 Å². The first kappa shape index (κ1) is 14.2. The Bertz CT molecular complexity index is 785. The molecule has 112 valence electrons. The molecule has 1 aromatic carbocycles. The summed E-state index contributed by atoms with van der Waals surface area (Å²) in [5.41, 5.74) is 8.43. The minimum Gasteiger partial charge on any atom is -0.383 e. The SMILES string of the molecule is COCCNc1nc(-c2cccc3cccnc23)cnc1N. The van der Waals surface area contributed by atoms with Crippen molar-refractivity contribution in [1.29, 1.82) is 0 Å². The summed E-state index contributed by atoms with van der Waals surface area (Å²) in [5, 5.41) is 4.19. The summed E-state index contributed by atoms with van der Waals surface area (Å²) < 4.78 is 5.01. The molecule has 0 saturated heterocycles. The quantitative estimate of drug-likeness (QED) is 0.703. The summed E-state index contributed by atoms with van der Waals surface area (Å²) >= 11 is 0. The Kier molecular flexibility index (Phi) is 4.11. The number of para-hydroxylation sites is 1. The first-order valence-corrected chi connectivity index (χ1v) is 6.99. The Labute approximate surface area is 128 Å². The van der Waals surface area contributed by atoms with Crippen molar-refractivity contribution < 1.29 is 4.74 Å². The van der Waals surface area contributed by atoms with Crippen LogP contribution in [0.2, 0.25) is 0 Å². The van der Waals surface area contributed by atoms with E-state index >= 15 is 0 Å². The summed E-state index contributed by atoms with van der Waals surface area (Å²) in [7, 11) is 1.65. The molecule has 6 nitrogen and oxygen atoms in total. The zero-order chi connectivity index (χ0) is 15.4. The molecule has 0 aliphatic rings. The Morgan fingerprint density at radius 2 is 2.05 bits per heavy atom. The van der Waals surface area contributed by atoms with E-state index in [9.17, 15) is 0 Å². The number of rotatable bonds is 5. The van der Waals surface area contributed by atoms with Gasteiger partial charge in [0.25, 0.3) is 0 Å². The number of hydrogen-bond donors (Lipinski definition) is 2. The molecule has 0 spiro atoms. The third-order valence-corrected chi connectivity index (χ3v) is 3.31. The van der Waals surface area contributed by atoms with E-state index in [1.807, 2.05) is 30.3 Å². The lowest BCUT2D eigenvalue weighted by molar-refractivity contribution is 0.210. The van der Waals surface area contributed by atoms with Gasteiger partial charge in [0.15, 0.2) is 11.6 Å². The minimum absolute atomic E-state index is 0.369. The average molecular weight is 295 g/mol. The van der Waals surface area contributed by atoms with Gasteiger partial charge in [0.05, 0.1) is 24.0 Å². The lowest BCUT2D eigenvalue weighted by Crippen LogP contribution is -2.11. The fraction of sp³-hybridized carbons (Fsp3) is 0.188. The Morgan fingerprint density at radius 1 is 1.18 bits per heavy atom. The number of aromatic nitrogens is 3. The molecule has 2 aromatic heterocycles. The van der Waals surface area contributed by atoms with Gasteiger partial charge in [0.1, 0.15) is 0 Å². The van der Waals surface area contributed by atoms with Crippen molar-refractivity contribution in [2.75, 3.05) is 31.3 Å². The van der Waals surface area contributed by atoms with Gasteiger partial charge in [-0.3, -0.25) is 4.98 Å². The number of benzene rings is 1. The average Bonchev–Trinajstić information content (AvgIpc) is 2.56. The third kappa shape index (κ3) is 2.82. The van der Waals surface area contributed by atoms with Gasteiger partial charge in [0.2, 0.25) is 0 Å². The van der Waals surface area contributed by atoms with Crippen LogP contribution in [-0.2, 0) is 4.74 Å². The molecule has 0 aliphatic carbocycles. The number of nitrogens with two attached hydrogens (primary N) is 1. The molecule has 0 aliphatic heterocycles. The fourth-order valence-electron chi connectivity index (χ4n) is 2.24. The van der Waals surface area contributed by atoms with Crippen LogP contribution >= 0.6 is 0 Å². The summed E-state index contributed by atoms with van der Waals surface area (Å²) in [4.78, 5) is 13.2. The zero-order valence-electron chi connectivity index (χ0n) is 12.3. The maximum absolute atomic E-state index is 5.87. The molecule has 2 heterocycles. The highest BCUT2D eigenvalue weighted by Gasteiger charge is 2.09. The number of hydrogen-bond acceptors (Lipinski definition) is 6. The molecule has 3 rings (SSSR count). The van der Waals surface area contributed by atoms with Crippen LogP contribution in [0.15, 0.2) is 42.7 Å². The maximum atomic E-state index is 5.87. The minimum atomic E-state index is 0.369. The lowest BCUT2D eigenvalue weighted by Gasteiger charge is -2.10. The monoisotopic (exact) mass is 295 g/mol. The second-order valence-electron chi connectivity index (χ2n) is 4.79. The van der Waals surface area contributed by atoms with Crippen molar-refractivity contribution >= 4 is 22.5 Å². The first-order chi connectivity index (χ1) is 10.8. The molecule has 3 aromatic rings. The lowest BCUT2D eigenvalue weighted by atomic mass is 10.1. The number of anilines is 2. The van der Waals surface area contributed by atoms with E-state index in [1.54, 1.807) is 19.5 Å². The molecule has 3 N–H and O–H groups in total. The number of ether oxygens (including phenoxy) is 1. The Morgan fingerprint density at radius 3 is 2.91 bits per heavy atom. The summed E-state index contributed by atoms with van der Waals surface area (Å²) in [5.74, 6) is 0.926. The highest BCUT2D eigenvalue weighted by atomic mass is 16.5. The number of nitrogens with one attached hydrogen (secondary N) is 1. The van der Waals surface area contributed by atoms with E-state index in [0.717, 1.165) is 22.2 Å². The van der Waals surface area contributed by atoms with Crippen molar-refractivity contribution in [2.24, 2.45) is 0 Å². The van der Waals surface area contributed by atoms with E-state index < -0.39 is 0 Å². The van der Waals surface area contributed by atoms with Crippen molar-refractivity contribution in [1.82, 2.24) is 15.0 Å². The van der Waals surface area contributed by atoms with E-state index in [4.69, 9.17) is 10.5 Å². The van der Waals surface area contributed by atoms with Gasteiger partial charge in [-0.1, -0.05) is 24.3 Å². The van der Waals surface area contributed by atoms with Crippen LogP contribution in [-0.4, -0.2) is 35.2 Å². The Balaban J connectivity index is 2.02. The van der Waals surface area contributed by atoms with E-state index in [0.29, 0.717) is 24.8 Å². The summed E-state index contributed by atoms with van der Waals surface area (Å²) in [6, 6.07) is 9.92. The van der Waals surface area contributed by atoms with E-state index in [2.05, 4.69) is 20.3 Å². The number of nitrogens with zero attached hydrogens (tertiary/aromatic N) is 3. The Hall–Kier alpha value is -2.73. The predicted molar refractivity (Wildman–Crippen MR) is 87.5 cm³/mol. The van der Waals surface area contributed by atoms with Crippen molar-refractivity contribution in [3.05, 3.63) is 42.7 Å². The van der Waals surface area contributed by atoms with Crippen LogP contribution in [0.1, 0.15) is 0 Å². The van der Waals surface area contributed by atoms with Gasteiger partial charge in [-0.05, 0) is 6.07 Å². The fourth-order valence-corrected chi connectivity index (χ4v) is 2.24. The molecule has 6 heteroatoms. The number of fused-ring (bicyclic) bond motifs is 1. The van der Waals surface area contributed by atoms with Crippen molar-refractivity contribution in [3.8, 4) is 11.3 Å². The highest BCUT2D eigenvalue weighted by Crippen LogP contribution is 2.27. The van der Waals surface area contributed by atoms with E-state index in [1.165, 1.54) is 0 Å². The second kappa shape index (κ2) is 6.36. The normalized spacial score (nSPS) is 10.8. The topological polar surface area (TPSA) is 86.0 Å². The van der Waals surface area contributed by atoms with Crippen LogP contribution in [0.25, 0.3) is 22.2 Å². The summed E-state index contributed by atoms with van der Waals surface area (Å²) in [6.45, 7) is 1.19. The molecule has 0 saturated carbocycles. The van der Waals surface area contributed by atoms with Gasteiger partial charge in [0, 0.05) is 30.8 Å². The van der Waals surface area contributed by atoms with Crippen LogP contribution < -0.4 is 11.1 Å². The smallest absolute Gasteiger partial charge is 0.169 e. The number of pyridine rings is 1. The molecule has 0 atom stereocenters. The maximum Gasteiger partial charge on any atom is 0.169 e. The molecule has 0 fully saturated rings. The van der Waals surface area contributed by atoms with Gasteiger partial charge in [-0.2, -0.15) is 0 Å². The largest absolute Gasteiger partial charge is 0.383 e.